The van der Waals surface area contributed by atoms with Crippen LogP contribution >= 0.6 is 11.3 Å². The molecule has 0 saturated carbocycles. The van der Waals surface area contributed by atoms with E-state index in [1.807, 2.05) is 19.1 Å². The number of hydrogen-bond acceptors (Lipinski definition) is 3. The van der Waals surface area contributed by atoms with Gasteiger partial charge in [-0.3, -0.25) is 4.79 Å². The molecule has 0 unspecified atom stereocenters. The number of carboxylic acids is 1. The molecule has 0 amide bonds. The van der Waals surface area contributed by atoms with E-state index in [-0.39, 0.29) is 6.42 Å². The van der Waals surface area contributed by atoms with Crippen LogP contribution in [0.25, 0.3) is 10.2 Å². The molecule has 0 aliphatic carbocycles. The molecule has 4 heteroatoms. The number of rotatable bonds is 2. The summed E-state index contributed by atoms with van der Waals surface area (Å²) >= 11 is 1.53. The first-order valence-electron chi connectivity index (χ1n) is 4.21. The van der Waals surface area contributed by atoms with E-state index in [0.717, 1.165) is 21.3 Å². The molecule has 3 nitrogen and oxygen atoms in total. The Balaban J connectivity index is 2.53. The third-order valence-corrected chi connectivity index (χ3v) is 2.92. The Morgan fingerprint density at radius 1 is 1.57 bits per heavy atom. The summed E-state index contributed by atoms with van der Waals surface area (Å²) in [7, 11) is 0. The smallest absolute Gasteiger partial charge is 0.307 e. The van der Waals surface area contributed by atoms with Crippen molar-refractivity contribution in [3.63, 3.8) is 0 Å². The summed E-state index contributed by atoms with van der Waals surface area (Å²) in [5.41, 5.74) is 4.58. The highest BCUT2D eigenvalue weighted by Crippen LogP contribution is 2.22. The summed E-state index contributed by atoms with van der Waals surface area (Å²) in [6.45, 7) is 1.91. The van der Waals surface area contributed by atoms with Gasteiger partial charge in [-0.1, -0.05) is 0 Å². The minimum atomic E-state index is -0.794. The molecule has 1 aromatic heterocycles. The summed E-state index contributed by atoms with van der Waals surface area (Å²) in [6.07, 6.45) is 0.0830. The molecule has 0 spiro atoms. The molecule has 0 atom stereocenters. The van der Waals surface area contributed by atoms with Crippen LogP contribution in [0.3, 0.4) is 0 Å². The van der Waals surface area contributed by atoms with Crippen LogP contribution in [0.1, 0.15) is 11.1 Å². The van der Waals surface area contributed by atoms with E-state index in [2.05, 4.69) is 4.98 Å². The van der Waals surface area contributed by atoms with Gasteiger partial charge in [-0.25, -0.2) is 4.98 Å². The van der Waals surface area contributed by atoms with Crippen molar-refractivity contribution in [3.8, 4) is 0 Å². The van der Waals surface area contributed by atoms with E-state index < -0.39 is 5.97 Å². The molecule has 1 N–H and O–H groups in total. The molecule has 0 aliphatic heterocycles. The Kier molecular flexibility index (Phi) is 2.21. The minimum absolute atomic E-state index is 0.0830. The first kappa shape index (κ1) is 9.15. The van der Waals surface area contributed by atoms with Gasteiger partial charge in [0.05, 0.1) is 22.1 Å². The number of aliphatic carboxylic acids is 1. The van der Waals surface area contributed by atoms with Crippen LogP contribution in [-0.4, -0.2) is 16.1 Å². The topological polar surface area (TPSA) is 50.2 Å². The molecule has 2 aromatic rings. The van der Waals surface area contributed by atoms with Gasteiger partial charge in [0.1, 0.15) is 0 Å². The molecule has 0 radical (unpaired) electrons. The first-order valence-corrected chi connectivity index (χ1v) is 5.09. The maximum absolute atomic E-state index is 10.6. The van der Waals surface area contributed by atoms with Crippen LogP contribution in [-0.2, 0) is 11.2 Å². The molecular formula is C10H9NO2S. The van der Waals surface area contributed by atoms with Crippen LogP contribution in [0.5, 0.6) is 0 Å². The Bertz CT molecular complexity index is 490. The average Bonchev–Trinajstić information content (AvgIpc) is 2.51. The van der Waals surface area contributed by atoms with E-state index >= 15 is 0 Å². The molecule has 72 valence electrons. The van der Waals surface area contributed by atoms with E-state index in [9.17, 15) is 4.79 Å². The Morgan fingerprint density at radius 3 is 3.07 bits per heavy atom. The van der Waals surface area contributed by atoms with Crippen LogP contribution in [0, 0.1) is 6.92 Å². The third kappa shape index (κ3) is 1.61. The number of aryl methyl sites for hydroxylation is 1. The number of carboxylic acid groups (broad SMARTS) is 1. The number of thiazole rings is 1. The lowest BCUT2D eigenvalue weighted by Crippen LogP contribution is -2.01. The fraction of sp³-hybridized carbons (Fsp3) is 0.200. The number of aromatic nitrogens is 1. The first-order chi connectivity index (χ1) is 6.66. The van der Waals surface area contributed by atoms with Crippen LogP contribution in [0.2, 0.25) is 0 Å². The molecule has 0 bridgehead atoms. The van der Waals surface area contributed by atoms with Gasteiger partial charge < -0.3 is 5.11 Å². The molecule has 0 saturated heterocycles. The van der Waals surface area contributed by atoms with Gasteiger partial charge in [0.2, 0.25) is 0 Å². The summed E-state index contributed by atoms with van der Waals surface area (Å²) in [5.74, 6) is -0.794. The van der Waals surface area contributed by atoms with Crippen molar-refractivity contribution in [3.05, 3.63) is 28.8 Å². The minimum Gasteiger partial charge on any atom is -0.481 e. The Morgan fingerprint density at radius 2 is 2.36 bits per heavy atom. The fourth-order valence-electron chi connectivity index (χ4n) is 1.40. The van der Waals surface area contributed by atoms with Crippen molar-refractivity contribution < 1.29 is 9.90 Å². The van der Waals surface area contributed by atoms with Gasteiger partial charge in [-0.05, 0) is 30.2 Å². The van der Waals surface area contributed by atoms with Crippen LogP contribution in [0.15, 0.2) is 17.6 Å². The van der Waals surface area contributed by atoms with E-state index in [0.29, 0.717) is 0 Å². The van der Waals surface area contributed by atoms with Gasteiger partial charge in [0.25, 0.3) is 0 Å². The van der Waals surface area contributed by atoms with Crippen molar-refractivity contribution in [2.24, 2.45) is 0 Å². The fourth-order valence-corrected chi connectivity index (χ4v) is 2.13. The quantitative estimate of drug-likeness (QED) is 0.821. The summed E-state index contributed by atoms with van der Waals surface area (Å²) in [4.78, 5) is 14.8. The zero-order chi connectivity index (χ0) is 10.1. The molecule has 1 aromatic carbocycles. The maximum Gasteiger partial charge on any atom is 0.307 e. The molecule has 14 heavy (non-hydrogen) atoms. The van der Waals surface area contributed by atoms with Crippen molar-refractivity contribution in [2.75, 3.05) is 0 Å². The largest absolute Gasteiger partial charge is 0.481 e. The Labute approximate surface area is 85.0 Å². The number of nitrogens with zero attached hydrogens (tertiary/aromatic N) is 1. The second-order valence-electron chi connectivity index (χ2n) is 3.17. The summed E-state index contributed by atoms with van der Waals surface area (Å²) < 4.78 is 1.05. The zero-order valence-corrected chi connectivity index (χ0v) is 8.47. The zero-order valence-electron chi connectivity index (χ0n) is 7.65. The molecule has 2 rings (SSSR count). The molecular weight excluding hydrogens is 198 g/mol. The molecule has 0 fully saturated rings. The monoisotopic (exact) mass is 207 g/mol. The van der Waals surface area contributed by atoms with Crippen molar-refractivity contribution in [1.82, 2.24) is 4.98 Å². The number of carbonyl (C=O) groups is 1. The van der Waals surface area contributed by atoms with Gasteiger partial charge in [-0.2, -0.15) is 0 Å². The molecule has 0 aliphatic rings. The number of hydrogen-bond donors (Lipinski definition) is 1. The predicted molar refractivity (Wildman–Crippen MR) is 55.7 cm³/mol. The highest BCUT2D eigenvalue weighted by molar-refractivity contribution is 7.16. The maximum atomic E-state index is 10.6. The normalized spacial score (nSPS) is 10.6. The SMILES string of the molecule is Cc1cc2ncsc2cc1CC(=O)O. The number of fused-ring (bicyclic) bond motifs is 1. The lowest BCUT2D eigenvalue weighted by Gasteiger charge is -2.02. The van der Waals surface area contributed by atoms with Gasteiger partial charge >= 0.3 is 5.97 Å². The van der Waals surface area contributed by atoms with Crippen LogP contribution < -0.4 is 0 Å². The van der Waals surface area contributed by atoms with Gasteiger partial charge in [0, 0.05) is 0 Å². The Hall–Kier alpha value is -1.42. The molecule has 1 heterocycles. The standard InChI is InChI=1S/C10H9NO2S/c1-6-2-8-9(14-5-11-8)3-7(6)4-10(12)13/h2-3,5H,4H2,1H3,(H,12,13). The van der Waals surface area contributed by atoms with Crippen molar-refractivity contribution in [2.45, 2.75) is 13.3 Å². The highest BCUT2D eigenvalue weighted by Gasteiger charge is 2.06. The predicted octanol–water partition coefficient (Wildman–Crippen LogP) is 2.23. The van der Waals surface area contributed by atoms with Gasteiger partial charge in [0.15, 0.2) is 0 Å². The lowest BCUT2D eigenvalue weighted by molar-refractivity contribution is -0.136. The number of benzene rings is 1. The van der Waals surface area contributed by atoms with E-state index in [4.69, 9.17) is 5.11 Å². The van der Waals surface area contributed by atoms with Crippen molar-refractivity contribution in [1.29, 1.82) is 0 Å². The lowest BCUT2D eigenvalue weighted by atomic mass is 10.1. The van der Waals surface area contributed by atoms with Crippen LogP contribution in [0.4, 0.5) is 0 Å². The second kappa shape index (κ2) is 3.38. The van der Waals surface area contributed by atoms with Crippen molar-refractivity contribution >= 4 is 27.5 Å². The highest BCUT2D eigenvalue weighted by atomic mass is 32.1. The summed E-state index contributed by atoms with van der Waals surface area (Å²) in [5, 5.41) is 8.70. The summed E-state index contributed by atoms with van der Waals surface area (Å²) in [6, 6.07) is 3.85. The van der Waals surface area contributed by atoms with E-state index in [1.165, 1.54) is 11.3 Å². The third-order valence-electron chi connectivity index (χ3n) is 2.13. The van der Waals surface area contributed by atoms with E-state index in [1.54, 1.807) is 5.51 Å². The average molecular weight is 207 g/mol. The van der Waals surface area contributed by atoms with Gasteiger partial charge in [-0.15, -0.1) is 11.3 Å². The second-order valence-corrected chi connectivity index (χ2v) is 4.06.